The summed E-state index contributed by atoms with van der Waals surface area (Å²) >= 11 is 4.41. The molecule has 7 heteroatoms. The van der Waals surface area contributed by atoms with Gasteiger partial charge in [0.05, 0.1) is 11.4 Å². The predicted octanol–water partition coefficient (Wildman–Crippen LogP) is 4.71. The number of anilines is 2. The monoisotopic (exact) mass is 340 g/mol. The summed E-state index contributed by atoms with van der Waals surface area (Å²) in [6.45, 7) is 11.3. The van der Waals surface area contributed by atoms with E-state index < -0.39 is 17.8 Å². The van der Waals surface area contributed by atoms with Crippen LogP contribution in [-0.2, 0) is 10.2 Å². The highest BCUT2D eigenvalue weighted by molar-refractivity contribution is 7.80. The molecular weight excluding hydrogens is 316 g/mol. The zero-order valence-electron chi connectivity index (χ0n) is 14.3. The van der Waals surface area contributed by atoms with Gasteiger partial charge in [0.2, 0.25) is 0 Å². The Balaban J connectivity index is 3.25. The molecule has 0 fully saturated rings. The number of carbonyl (C=O) groups is 2. The third-order valence-electron chi connectivity index (χ3n) is 2.82. The topological polar surface area (TPSA) is 87.7 Å². The molecule has 128 valence electrons. The van der Waals surface area contributed by atoms with Crippen molar-refractivity contribution in [3.8, 4) is 0 Å². The molecular formula is C16H24N2O4S. The molecule has 0 heterocycles. The van der Waals surface area contributed by atoms with Crippen LogP contribution in [0.1, 0.15) is 47.1 Å². The van der Waals surface area contributed by atoms with Gasteiger partial charge in [-0.2, -0.15) is 0 Å². The zero-order valence-corrected chi connectivity index (χ0v) is 15.2. The van der Waals surface area contributed by atoms with Crippen LogP contribution >= 0.6 is 12.6 Å². The van der Waals surface area contributed by atoms with E-state index in [4.69, 9.17) is 9.84 Å². The molecule has 1 aromatic carbocycles. The van der Waals surface area contributed by atoms with Crippen LogP contribution in [0.25, 0.3) is 0 Å². The minimum absolute atomic E-state index is 0.219. The maximum absolute atomic E-state index is 12.0. The first-order valence-corrected chi connectivity index (χ1v) is 7.62. The van der Waals surface area contributed by atoms with E-state index in [1.54, 1.807) is 32.9 Å². The average Bonchev–Trinajstić information content (AvgIpc) is 2.27. The van der Waals surface area contributed by atoms with Crippen LogP contribution in [0.4, 0.5) is 21.0 Å². The fraction of sp³-hybridized carbons (Fsp3) is 0.500. The van der Waals surface area contributed by atoms with E-state index in [2.05, 4.69) is 23.3 Å². The van der Waals surface area contributed by atoms with Crippen molar-refractivity contribution in [3.05, 3.63) is 17.7 Å². The number of carboxylic acid groups (broad SMARTS) is 1. The van der Waals surface area contributed by atoms with Gasteiger partial charge >= 0.3 is 12.2 Å². The number of thiol groups is 1. The SMILES string of the molecule is CC(C)(C)OC(=O)Nc1cc(C(C)(C)C)c(S)cc1NC(=O)O. The number of hydrogen-bond acceptors (Lipinski definition) is 4. The molecule has 0 unspecified atom stereocenters. The molecule has 0 atom stereocenters. The Bertz CT molecular complexity index is 616. The fourth-order valence-corrected chi connectivity index (χ4v) is 2.45. The molecule has 6 nitrogen and oxygen atoms in total. The second kappa shape index (κ2) is 6.70. The lowest BCUT2D eigenvalue weighted by Crippen LogP contribution is -2.28. The highest BCUT2D eigenvalue weighted by Crippen LogP contribution is 2.35. The molecule has 0 bridgehead atoms. The Kier molecular flexibility index (Phi) is 5.58. The van der Waals surface area contributed by atoms with Gasteiger partial charge in [-0.25, -0.2) is 9.59 Å². The number of carbonyl (C=O) groups excluding carboxylic acids is 1. The van der Waals surface area contributed by atoms with Gasteiger partial charge in [-0.05, 0) is 43.9 Å². The van der Waals surface area contributed by atoms with Gasteiger partial charge in [-0.1, -0.05) is 20.8 Å². The average molecular weight is 340 g/mol. The Morgan fingerprint density at radius 2 is 1.57 bits per heavy atom. The fourth-order valence-electron chi connectivity index (χ4n) is 1.92. The molecule has 0 aliphatic carbocycles. The maximum atomic E-state index is 12.0. The summed E-state index contributed by atoms with van der Waals surface area (Å²) in [5, 5.41) is 13.8. The molecule has 1 rings (SSSR count). The van der Waals surface area contributed by atoms with E-state index in [-0.39, 0.29) is 11.1 Å². The number of ether oxygens (including phenoxy) is 1. The van der Waals surface area contributed by atoms with Crippen LogP contribution in [0.3, 0.4) is 0 Å². The van der Waals surface area contributed by atoms with Crippen molar-refractivity contribution in [2.75, 3.05) is 10.6 Å². The Morgan fingerprint density at radius 1 is 1.04 bits per heavy atom. The molecule has 1 aromatic rings. The normalized spacial score (nSPS) is 11.8. The summed E-state index contributed by atoms with van der Waals surface area (Å²) in [5.74, 6) is 0. The number of nitrogens with one attached hydrogen (secondary N) is 2. The van der Waals surface area contributed by atoms with E-state index in [0.29, 0.717) is 10.6 Å². The molecule has 0 aliphatic heterocycles. The molecule has 2 amide bonds. The van der Waals surface area contributed by atoms with Crippen molar-refractivity contribution in [1.82, 2.24) is 0 Å². The van der Waals surface area contributed by atoms with Gasteiger partial charge in [0, 0.05) is 4.90 Å². The van der Waals surface area contributed by atoms with Crippen molar-refractivity contribution in [3.63, 3.8) is 0 Å². The smallest absolute Gasteiger partial charge is 0.412 e. The summed E-state index contributed by atoms with van der Waals surface area (Å²) in [6, 6.07) is 3.28. The van der Waals surface area contributed by atoms with Gasteiger partial charge < -0.3 is 9.84 Å². The summed E-state index contributed by atoms with van der Waals surface area (Å²) in [5.41, 5.74) is 0.567. The van der Waals surface area contributed by atoms with Gasteiger partial charge in [0.15, 0.2) is 0 Å². The van der Waals surface area contributed by atoms with Crippen LogP contribution in [0.15, 0.2) is 17.0 Å². The highest BCUT2D eigenvalue weighted by Gasteiger charge is 2.22. The number of benzene rings is 1. The number of hydrogen-bond donors (Lipinski definition) is 4. The lowest BCUT2D eigenvalue weighted by molar-refractivity contribution is 0.0636. The molecule has 0 saturated carbocycles. The van der Waals surface area contributed by atoms with Gasteiger partial charge in [-0.15, -0.1) is 12.6 Å². The quantitative estimate of drug-likeness (QED) is 0.587. The molecule has 0 saturated heterocycles. The van der Waals surface area contributed by atoms with Crippen molar-refractivity contribution >= 4 is 36.2 Å². The van der Waals surface area contributed by atoms with Crippen LogP contribution in [-0.4, -0.2) is 22.9 Å². The zero-order chi connectivity index (χ0) is 18.0. The van der Waals surface area contributed by atoms with Gasteiger partial charge in [0.25, 0.3) is 0 Å². The molecule has 0 radical (unpaired) electrons. The van der Waals surface area contributed by atoms with Crippen molar-refractivity contribution in [2.45, 2.75) is 57.5 Å². The lowest BCUT2D eigenvalue weighted by atomic mass is 9.86. The van der Waals surface area contributed by atoms with Crippen LogP contribution in [0.2, 0.25) is 0 Å². The lowest BCUT2D eigenvalue weighted by Gasteiger charge is -2.25. The molecule has 0 spiro atoms. The standard InChI is InChI=1S/C16H24N2O4S/c1-15(2,3)9-7-10(18-14(21)22-16(4,5)6)11(8-12(9)23)17-13(19)20/h7-8,17,23H,1-6H3,(H,18,21)(H,19,20). The summed E-state index contributed by atoms with van der Waals surface area (Å²) in [7, 11) is 0. The predicted molar refractivity (Wildman–Crippen MR) is 93.9 cm³/mol. The first kappa shape index (κ1) is 19.2. The van der Waals surface area contributed by atoms with E-state index in [0.717, 1.165) is 5.56 Å². The second-order valence-electron chi connectivity index (χ2n) is 7.22. The van der Waals surface area contributed by atoms with Gasteiger partial charge in [0.1, 0.15) is 5.60 Å². The van der Waals surface area contributed by atoms with Crippen molar-refractivity contribution in [2.24, 2.45) is 0 Å². The Hall–Kier alpha value is -1.89. The van der Waals surface area contributed by atoms with Crippen molar-refractivity contribution < 1.29 is 19.4 Å². The van der Waals surface area contributed by atoms with E-state index >= 15 is 0 Å². The molecule has 0 aliphatic rings. The largest absolute Gasteiger partial charge is 0.465 e. The highest BCUT2D eigenvalue weighted by atomic mass is 32.1. The van der Waals surface area contributed by atoms with E-state index in [1.807, 2.05) is 20.8 Å². The van der Waals surface area contributed by atoms with Gasteiger partial charge in [-0.3, -0.25) is 10.6 Å². The molecule has 23 heavy (non-hydrogen) atoms. The summed E-state index contributed by atoms with van der Waals surface area (Å²) in [4.78, 5) is 23.6. The molecule has 3 N–H and O–H groups in total. The first-order chi connectivity index (χ1) is 10.3. The second-order valence-corrected chi connectivity index (χ2v) is 7.70. The summed E-state index contributed by atoms with van der Waals surface area (Å²) in [6.07, 6.45) is -1.88. The van der Waals surface area contributed by atoms with Crippen LogP contribution in [0, 0.1) is 0 Å². The Morgan fingerprint density at radius 3 is 2.00 bits per heavy atom. The minimum Gasteiger partial charge on any atom is -0.465 e. The van der Waals surface area contributed by atoms with Crippen LogP contribution < -0.4 is 10.6 Å². The summed E-state index contributed by atoms with van der Waals surface area (Å²) < 4.78 is 5.21. The molecule has 0 aromatic heterocycles. The minimum atomic E-state index is -1.23. The van der Waals surface area contributed by atoms with E-state index in [1.165, 1.54) is 0 Å². The Labute approximate surface area is 142 Å². The number of rotatable bonds is 2. The third-order valence-corrected chi connectivity index (χ3v) is 3.19. The van der Waals surface area contributed by atoms with Crippen LogP contribution in [0.5, 0.6) is 0 Å². The van der Waals surface area contributed by atoms with E-state index in [9.17, 15) is 9.59 Å². The van der Waals surface area contributed by atoms with Crippen molar-refractivity contribution in [1.29, 1.82) is 0 Å². The maximum Gasteiger partial charge on any atom is 0.412 e. The third kappa shape index (κ3) is 6.02. The first-order valence-electron chi connectivity index (χ1n) is 7.17. The number of amides is 2.